The van der Waals surface area contributed by atoms with Crippen molar-refractivity contribution in [3.63, 3.8) is 0 Å². The van der Waals surface area contributed by atoms with Gasteiger partial charge < -0.3 is 15.2 Å². The van der Waals surface area contributed by atoms with E-state index in [1.54, 1.807) is 19.4 Å². The molecule has 1 aromatic carbocycles. The standard InChI is InChI=1S/C13H15N3O2/c1-14-12-8-15-9-13(16-12)18-11-4-2-10(3-5-11)6-7-17/h2-5,8-9,17H,6-7H2,1H3,(H,14,16). The van der Waals surface area contributed by atoms with Gasteiger partial charge in [-0.1, -0.05) is 12.1 Å². The van der Waals surface area contributed by atoms with E-state index in [4.69, 9.17) is 9.84 Å². The van der Waals surface area contributed by atoms with E-state index >= 15 is 0 Å². The van der Waals surface area contributed by atoms with Crippen molar-refractivity contribution in [3.8, 4) is 11.6 Å². The highest BCUT2D eigenvalue weighted by Crippen LogP contribution is 2.20. The second-order valence-electron chi connectivity index (χ2n) is 3.71. The maximum Gasteiger partial charge on any atom is 0.239 e. The molecule has 2 N–H and O–H groups in total. The van der Waals surface area contributed by atoms with Gasteiger partial charge in [0.2, 0.25) is 5.88 Å². The Morgan fingerprint density at radius 2 is 2.00 bits per heavy atom. The molecule has 0 spiro atoms. The minimum Gasteiger partial charge on any atom is -0.437 e. The minimum absolute atomic E-state index is 0.149. The normalized spacial score (nSPS) is 10.1. The topological polar surface area (TPSA) is 67.3 Å². The van der Waals surface area contributed by atoms with Crippen LogP contribution in [0.4, 0.5) is 5.82 Å². The van der Waals surface area contributed by atoms with Crippen molar-refractivity contribution in [2.24, 2.45) is 0 Å². The van der Waals surface area contributed by atoms with Crippen molar-refractivity contribution < 1.29 is 9.84 Å². The van der Waals surface area contributed by atoms with Gasteiger partial charge in [0.1, 0.15) is 11.6 Å². The highest BCUT2D eigenvalue weighted by atomic mass is 16.5. The molecule has 0 amide bonds. The number of hydrogen-bond donors (Lipinski definition) is 2. The summed E-state index contributed by atoms with van der Waals surface area (Å²) >= 11 is 0. The van der Waals surface area contributed by atoms with Crippen LogP contribution in [0, 0.1) is 0 Å². The summed E-state index contributed by atoms with van der Waals surface area (Å²) in [6.45, 7) is 0.149. The Labute approximate surface area is 105 Å². The molecular weight excluding hydrogens is 230 g/mol. The van der Waals surface area contributed by atoms with Crippen LogP contribution in [0.2, 0.25) is 0 Å². The number of nitrogens with zero attached hydrogens (tertiary/aromatic N) is 2. The van der Waals surface area contributed by atoms with Crippen molar-refractivity contribution in [1.29, 1.82) is 0 Å². The third-order valence-electron chi connectivity index (χ3n) is 2.41. The maximum atomic E-state index is 8.83. The lowest BCUT2D eigenvalue weighted by atomic mass is 10.1. The molecule has 0 aliphatic rings. The van der Waals surface area contributed by atoms with Gasteiger partial charge in [-0.15, -0.1) is 0 Å². The van der Waals surface area contributed by atoms with Gasteiger partial charge in [0.15, 0.2) is 0 Å². The number of ether oxygens (including phenoxy) is 1. The van der Waals surface area contributed by atoms with Crippen LogP contribution in [0.5, 0.6) is 11.6 Å². The zero-order valence-electron chi connectivity index (χ0n) is 10.1. The lowest BCUT2D eigenvalue weighted by molar-refractivity contribution is 0.299. The first-order valence-electron chi connectivity index (χ1n) is 5.69. The average Bonchev–Trinajstić information content (AvgIpc) is 2.42. The van der Waals surface area contributed by atoms with E-state index in [-0.39, 0.29) is 6.61 Å². The molecule has 0 fully saturated rings. The largest absolute Gasteiger partial charge is 0.437 e. The predicted octanol–water partition coefficient (Wildman–Crippen LogP) is 1.85. The van der Waals surface area contributed by atoms with Crippen molar-refractivity contribution in [2.45, 2.75) is 6.42 Å². The van der Waals surface area contributed by atoms with Crippen molar-refractivity contribution in [3.05, 3.63) is 42.2 Å². The van der Waals surface area contributed by atoms with E-state index < -0.39 is 0 Å². The molecule has 0 radical (unpaired) electrons. The van der Waals surface area contributed by atoms with Gasteiger partial charge in [-0.3, -0.25) is 4.98 Å². The van der Waals surface area contributed by atoms with E-state index in [1.807, 2.05) is 24.3 Å². The summed E-state index contributed by atoms with van der Waals surface area (Å²) in [6, 6.07) is 7.53. The van der Waals surface area contributed by atoms with Gasteiger partial charge in [-0.05, 0) is 24.1 Å². The molecule has 0 aliphatic heterocycles. The monoisotopic (exact) mass is 245 g/mol. The Hall–Kier alpha value is -2.14. The summed E-state index contributed by atoms with van der Waals surface area (Å²) < 4.78 is 5.58. The molecule has 18 heavy (non-hydrogen) atoms. The van der Waals surface area contributed by atoms with Crippen LogP contribution in [0.15, 0.2) is 36.7 Å². The summed E-state index contributed by atoms with van der Waals surface area (Å²) in [5, 5.41) is 11.7. The SMILES string of the molecule is CNc1cncc(Oc2ccc(CCO)cc2)n1. The number of aliphatic hydroxyl groups excluding tert-OH is 1. The summed E-state index contributed by atoms with van der Waals surface area (Å²) in [5.74, 6) is 1.79. The van der Waals surface area contributed by atoms with Crippen molar-refractivity contribution in [1.82, 2.24) is 9.97 Å². The maximum absolute atomic E-state index is 8.83. The second-order valence-corrected chi connectivity index (χ2v) is 3.71. The fraction of sp³-hybridized carbons (Fsp3) is 0.231. The smallest absolute Gasteiger partial charge is 0.239 e. The molecule has 0 atom stereocenters. The number of anilines is 1. The Bertz CT molecular complexity index is 500. The molecule has 0 saturated heterocycles. The predicted molar refractivity (Wildman–Crippen MR) is 68.9 cm³/mol. The van der Waals surface area contributed by atoms with E-state index in [1.165, 1.54) is 0 Å². The molecule has 5 nitrogen and oxygen atoms in total. The first-order chi connectivity index (χ1) is 8.81. The lowest BCUT2D eigenvalue weighted by Crippen LogP contribution is -1.96. The summed E-state index contributed by atoms with van der Waals surface area (Å²) in [7, 11) is 1.78. The molecule has 5 heteroatoms. The first kappa shape index (κ1) is 12.3. The quantitative estimate of drug-likeness (QED) is 0.841. The highest BCUT2D eigenvalue weighted by molar-refractivity contribution is 5.35. The second kappa shape index (κ2) is 5.97. The zero-order chi connectivity index (χ0) is 12.8. The molecule has 2 rings (SSSR count). The van der Waals surface area contributed by atoms with Crippen LogP contribution in [0.25, 0.3) is 0 Å². The number of benzene rings is 1. The zero-order valence-corrected chi connectivity index (χ0v) is 10.1. The van der Waals surface area contributed by atoms with E-state index in [0.717, 1.165) is 5.56 Å². The number of hydrogen-bond acceptors (Lipinski definition) is 5. The van der Waals surface area contributed by atoms with Gasteiger partial charge in [0.05, 0.1) is 12.4 Å². The molecule has 0 saturated carbocycles. The van der Waals surface area contributed by atoms with E-state index in [2.05, 4.69) is 15.3 Å². The number of nitrogens with one attached hydrogen (secondary N) is 1. The van der Waals surface area contributed by atoms with Gasteiger partial charge in [0.25, 0.3) is 0 Å². The van der Waals surface area contributed by atoms with Crippen LogP contribution in [0.3, 0.4) is 0 Å². The van der Waals surface area contributed by atoms with E-state index in [0.29, 0.717) is 23.9 Å². The van der Waals surface area contributed by atoms with Crippen LogP contribution < -0.4 is 10.1 Å². The Morgan fingerprint density at radius 3 is 2.67 bits per heavy atom. The van der Waals surface area contributed by atoms with Gasteiger partial charge >= 0.3 is 0 Å². The van der Waals surface area contributed by atoms with E-state index in [9.17, 15) is 0 Å². The van der Waals surface area contributed by atoms with Crippen molar-refractivity contribution in [2.75, 3.05) is 19.0 Å². The number of aromatic nitrogens is 2. The average molecular weight is 245 g/mol. The highest BCUT2D eigenvalue weighted by Gasteiger charge is 2.01. The molecule has 94 valence electrons. The molecule has 0 unspecified atom stereocenters. The fourth-order valence-electron chi connectivity index (χ4n) is 1.49. The van der Waals surface area contributed by atoms with Gasteiger partial charge in [-0.25, -0.2) is 0 Å². The molecule has 1 aromatic heterocycles. The minimum atomic E-state index is 0.149. The molecule has 2 aromatic rings. The Balaban J connectivity index is 2.08. The summed E-state index contributed by atoms with van der Waals surface area (Å²) in [5.41, 5.74) is 1.07. The summed E-state index contributed by atoms with van der Waals surface area (Å²) in [6.07, 6.45) is 3.83. The molecule has 1 heterocycles. The Morgan fingerprint density at radius 1 is 1.22 bits per heavy atom. The number of aliphatic hydroxyl groups is 1. The third kappa shape index (κ3) is 3.18. The molecule has 0 aliphatic carbocycles. The number of rotatable bonds is 5. The van der Waals surface area contributed by atoms with Crippen LogP contribution in [-0.2, 0) is 6.42 Å². The van der Waals surface area contributed by atoms with Gasteiger partial charge in [-0.2, -0.15) is 4.98 Å². The van der Waals surface area contributed by atoms with Crippen LogP contribution in [-0.4, -0.2) is 28.7 Å². The van der Waals surface area contributed by atoms with Gasteiger partial charge in [0, 0.05) is 13.7 Å². The lowest BCUT2D eigenvalue weighted by Gasteiger charge is -2.06. The first-order valence-corrected chi connectivity index (χ1v) is 5.69. The fourth-order valence-corrected chi connectivity index (χ4v) is 1.49. The van der Waals surface area contributed by atoms with Crippen LogP contribution in [0.1, 0.15) is 5.56 Å². The molecular formula is C13H15N3O2. The third-order valence-corrected chi connectivity index (χ3v) is 2.41. The summed E-state index contributed by atoms with van der Waals surface area (Å²) in [4.78, 5) is 8.23. The molecule has 0 bridgehead atoms. The Kier molecular flexibility index (Phi) is 4.09. The van der Waals surface area contributed by atoms with Crippen LogP contribution >= 0.6 is 0 Å². The van der Waals surface area contributed by atoms with Crippen molar-refractivity contribution >= 4 is 5.82 Å².